The van der Waals surface area contributed by atoms with E-state index in [0.717, 1.165) is 12.8 Å². The molecule has 2 unspecified atom stereocenters. The van der Waals surface area contributed by atoms with Gasteiger partial charge >= 0.3 is 0 Å². The van der Waals surface area contributed by atoms with E-state index in [1.807, 2.05) is 0 Å². The van der Waals surface area contributed by atoms with Gasteiger partial charge in [0, 0.05) is 6.08 Å². The highest BCUT2D eigenvalue weighted by Crippen LogP contribution is 2.42. The monoisotopic (exact) mass is 194 g/mol. The van der Waals surface area contributed by atoms with Gasteiger partial charge in [-0.25, -0.2) is 0 Å². The van der Waals surface area contributed by atoms with Gasteiger partial charge in [0.25, 0.3) is 0 Å². The van der Waals surface area contributed by atoms with Crippen LogP contribution in [-0.4, -0.2) is 11.4 Å². The SMILES string of the molecule is CCC1CCCCC12CC(=O)C=CO2. The fraction of sp³-hybridized carbons (Fsp3) is 0.750. The molecule has 1 aliphatic carbocycles. The first-order chi connectivity index (χ1) is 6.77. The molecule has 0 N–H and O–H groups in total. The average molecular weight is 194 g/mol. The predicted octanol–water partition coefficient (Wildman–Crippen LogP) is 2.83. The van der Waals surface area contributed by atoms with Crippen molar-refractivity contribution in [2.45, 2.75) is 51.0 Å². The molecule has 2 atom stereocenters. The third-order valence-electron chi connectivity index (χ3n) is 3.67. The van der Waals surface area contributed by atoms with Crippen molar-refractivity contribution in [1.82, 2.24) is 0 Å². The minimum atomic E-state index is -0.140. The molecule has 1 fully saturated rings. The summed E-state index contributed by atoms with van der Waals surface area (Å²) in [5.74, 6) is 0.807. The third-order valence-corrected chi connectivity index (χ3v) is 3.67. The van der Waals surface area contributed by atoms with Crippen LogP contribution in [0.2, 0.25) is 0 Å². The Bertz CT molecular complexity index is 257. The summed E-state index contributed by atoms with van der Waals surface area (Å²) in [6, 6.07) is 0. The summed E-state index contributed by atoms with van der Waals surface area (Å²) in [5.41, 5.74) is -0.140. The summed E-state index contributed by atoms with van der Waals surface area (Å²) in [5, 5.41) is 0. The first-order valence-electron chi connectivity index (χ1n) is 5.64. The second-order valence-corrected chi connectivity index (χ2v) is 4.48. The molecular formula is C12H18O2. The Balaban J connectivity index is 2.18. The Morgan fingerprint density at radius 1 is 1.57 bits per heavy atom. The van der Waals surface area contributed by atoms with Crippen molar-refractivity contribution in [2.75, 3.05) is 0 Å². The second kappa shape index (κ2) is 3.76. The lowest BCUT2D eigenvalue weighted by Crippen LogP contribution is -2.45. The highest BCUT2D eigenvalue weighted by atomic mass is 16.5. The molecule has 2 rings (SSSR count). The average Bonchev–Trinajstić information content (AvgIpc) is 2.18. The Labute approximate surface area is 85.3 Å². The van der Waals surface area contributed by atoms with Crippen LogP contribution in [0.15, 0.2) is 12.3 Å². The standard InChI is InChI=1S/C12H18O2/c1-2-10-5-3-4-7-12(10)9-11(13)6-8-14-12/h6,8,10H,2-5,7,9H2,1H3. The topological polar surface area (TPSA) is 26.3 Å². The molecule has 1 spiro atoms. The van der Waals surface area contributed by atoms with Crippen molar-refractivity contribution in [2.24, 2.45) is 5.92 Å². The zero-order chi connectivity index (χ0) is 10.0. The van der Waals surface area contributed by atoms with Crippen molar-refractivity contribution >= 4 is 5.78 Å². The molecular weight excluding hydrogens is 176 g/mol. The molecule has 0 radical (unpaired) electrons. The molecule has 78 valence electrons. The van der Waals surface area contributed by atoms with Crippen LogP contribution in [0.25, 0.3) is 0 Å². The van der Waals surface area contributed by atoms with Gasteiger partial charge in [-0.15, -0.1) is 0 Å². The maximum absolute atomic E-state index is 11.4. The Morgan fingerprint density at radius 2 is 2.43 bits per heavy atom. The van der Waals surface area contributed by atoms with E-state index >= 15 is 0 Å². The molecule has 0 saturated heterocycles. The van der Waals surface area contributed by atoms with Crippen molar-refractivity contribution in [3.05, 3.63) is 12.3 Å². The van der Waals surface area contributed by atoms with Crippen molar-refractivity contribution in [3.63, 3.8) is 0 Å². The van der Waals surface area contributed by atoms with E-state index in [2.05, 4.69) is 6.92 Å². The number of hydrogen-bond donors (Lipinski definition) is 0. The lowest BCUT2D eigenvalue weighted by Gasteiger charge is -2.44. The number of carbonyl (C=O) groups excluding carboxylic acids is 1. The predicted molar refractivity (Wildman–Crippen MR) is 54.8 cm³/mol. The van der Waals surface area contributed by atoms with Crippen LogP contribution in [0, 0.1) is 5.92 Å². The molecule has 14 heavy (non-hydrogen) atoms. The Hall–Kier alpha value is -0.790. The van der Waals surface area contributed by atoms with E-state index in [0.29, 0.717) is 12.3 Å². The number of ketones is 1. The van der Waals surface area contributed by atoms with Crippen LogP contribution in [0.1, 0.15) is 45.4 Å². The van der Waals surface area contributed by atoms with Gasteiger partial charge < -0.3 is 4.74 Å². The number of rotatable bonds is 1. The van der Waals surface area contributed by atoms with Gasteiger partial charge in [-0.3, -0.25) is 4.79 Å². The Kier molecular flexibility index (Phi) is 2.62. The summed E-state index contributed by atoms with van der Waals surface area (Å²) in [6.45, 7) is 2.20. The number of carbonyl (C=O) groups is 1. The van der Waals surface area contributed by atoms with Crippen molar-refractivity contribution < 1.29 is 9.53 Å². The minimum Gasteiger partial charge on any atom is -0.494 e. The maximum atomic E-state index is 11.4. The van der Waals surface area contributed by atoms with Crippen LogP contribution < -0.4 is 0 Å². The zero-order valence-electron chi connectivity index (χ0n) is 8.79. The highest BCUT2D eigenvalue weighted by molar-refractivity contribution is 5.90. The van der Waals surface area contributed by atoms with Gasteiger partial charge in [0.2, 0.25) is 0 Å². The normalized spacial score (nSPS) is 37.2. The molecule has 1 aliphatic heterocycles. The van der Waals surface area contributed by atoms with Crippen LogP contribution in [0.5, 0.6) is 0 Å². The van der Waals surface area contributed by atoms with Crippen molar-refractivity contribution in [1.29, 1.82) is 0 Å². The summed E-state index contributed by atoms with van der Waals surface area (Å²) >= 11 is 0. The molecule has 0 aromatic heterocycles. The van der Waals surface area contributed by atoms with Gasteiger partial charge in [0.1, 0.15) is 5.60 Å². The van der Waals surface area contributed by atoms with E-state index in [1.54, 1.807) is 12.3 Å². The molecule has 0 amide bonds. The molecule has 2 aliphatic rings. The van der Waals surface area contributed by atoms with E-state index in [4.69, 9.17) is 4.74 Å². The fourth-order valence-electron chi connectivity index (χ4n) is 2.89. The lowest BCUT2D eigenvalue weighted by molar-refractivity contribution is -0.130. The number of hydrogen-bond acceptors (Lipinski definition) is 2. The molecule has 0 aromatic rings. The smallest absolute Gasteiger partial charge is 0.162 e. The molecule has 0 aromatic carbocycles. The minimum absolute atomic E-state index is 0.140. The van der Waals surface area contributed by atoms with Gasteiger partial charge in [0.15, 0.2) is 5.78 Å². The quantitative estimate of drug-likeness (QED) is 0.641. The highest BCUT2D eigenvalue weighted by Gasteiger charge is 2.43. The van der Waals surface area contributed by atoms with E-state index in [9.17, 15) is 4.79 Å². The largest absolute Gasteiger partial charge is 0.494 e. The number of ether oxygens (including phenoxy) is 1. The second-order valence-electron chi connectivity index (χ2n) is 4.48. The van der Waals surface area contributed by atoms with Gasteiger partial charge in [-0.2, -0.15) is 0 Å². The molecule has 1 heterocycles. The molecule has 0 bridgehead atoms. The summed E-state index contributed by atoms with van der Waals surface area (Å²) in [7, 11) is 0. The van der Waals surface area contributed by atoms with Gasteiger partial charge in [-0.05, 0) is 31.6 Å². The maximum Gasteiger partial charge on any atom is 0.162 e. The zero-order valence-corrected chi connectivity index (χ0v) is 8.79. The third kappa shape index (κ3) is 1.58. The van der Waals surface area contributed by atoms with E-state index in [-0.39, 0.29) is 11.4 Å². The van der Waals surface area contributed by atoms with Crippen molar-refractivity contribution in [3.8, 4) is 0 Å². The first-order valence-corrected chi connectivity index (χ1v) is 5.64. The van der Waals surface area contributed by atoms with E-state index < -0.39 is 0 Å². The van der Waals surface area contributed by atoms with Crippen LogP contribution >= 0.6 is 0 Å². The lowest BCUT2D eigenvalue weighted by atomic mass is 9.71. The van der Waals surface area contributed by atoms with Crippen LogP contribution in [0.3, 0.4) is 0 Å². The first kappa shape index (κ1) is 9.75. The van der Waals surface area contributed by atoms with E-state index in [1.165, 1.54) is 19.3 Å². The van der Waals surface area contributed by atoms with Gasteiger partial charge in [-0.1, -0.05) is 13.3 Å². The fourth-order valence-corrected chi connectivity index (χ4v) is 2.89. The summed E-state index contributed by atoms with van der Waals surface area (Å²) in [6.07, 6.45) is 9.67. The van der Waals surface area contributed by atoms with Crippen LogP contribution in [0.4, 0.5) is 0 Å². The number of allylic oxidation sites excluding steroid dienone is 1. The summed E-state index contributed by atoms with van der Waals surface area (Å²) < 4.78 is 5.78. The molecule has 2 nitrogen and oxygen atoms in total. The van der Waals surface area contributed by atoms with Crippen LogP contribution in [-0.2, 0) is 9.53 Å². The molecule has 2 heteroatoms. The Morgan fingerprint density at radius 3 is 3.14 bits per heavy atom. The summed E-state index contributed by atoms with van der Waals surface area (Å²) in [4.78, 5) is 11.4. The van der Waals surface area contributed by atoms with Gasteiger partial charge in [0.05, 0.1) is 12.7 Å². The molecule has 1 saturated carbocycles.